The Morgan fingerprint density at radius 3 is 2.70 bits per heavy atom. The van der Waals surface area contributed by atoms with Crippen LogP contribution in [0.4, 0.5) is 9.18 Å². The highest BCUT2D eigenvalue weighted by atomic mass is 19.1. The van der Waals surface area contributed by atoms with Gasteiger partial charge in [-0.05, 0) is 51.8 Å². The average molecular weight is 413 g/mol. The van der Waals surface area contributed by atoms with Crippen molar-refractivity contribution in [1.82, 2.24) is 9.88 Å². The third-order valence-corrected chi connectivity index (χ3v) is 4.67. The van der Waals surface area contributed by atoms with E-state index in [1.807, 2.05) is 32.9 Å². The van der Waals surface area contributed by atoms with Crippen LogP contribution < -0.4 is 4.74 Å². The molecule has 2 heterocycles. The lowest BCUT2D eigenvalue weighted by Crippen LogP contribution is -2.41. The minimum Gasteiger partial charge on any atom is -0.473 e. The lowest BCUT2D eigenvalue weighted by Gasteiger charge is -2.33. The Labute approximate surface area is 179 Å². The summed E-state index contributed by atoms with van der Waals surface area (Å²) in [6.45, 7) is 4.08. The van der Waals surface area contributed by atoms with Gasteiger partial charge < -0.3 is 14.4 Å². The van der Waals surface area contributed by atoms with Crippen molar-refractivity contribution in [2.45, 2.75) is 51.7 Å². The molecule has 158 valence electrons. The molecular formula is C23H26FN3O3. The number of hydrogen-bond acceptors (Lipinski definition) is 5. The molecule has 0 unspecified atom stereocenters. The fourth-order valence-electron chi connectivity index (χ4n) is 3.17. The number of amides is 1. The fourth-order valence-corrected chi connectivity index (χ4v) is 3.17. The molecule has 0 saturated carbocycles. The number of piperidine rings is 1. The van der Waals surface area contributed by atoms with Gasteiger partial charge in [0.1, 0.15) is 18.0 Å². The van der Waals surface area contributed by atoms with Gasteiger partial charge in [-0.2, -0.15) is 5.26 Å². The van der Waals surface area contributed by atoms with E-state index in [2.05, 4.69) is 4.98 Å². The van der Waals surface area contributed by atoms with Crippen molar-refractivity contribution in [2.24, 2.45) is 0 Å². The first-order chi connectivity index (χ1) is 15.0. The third kappa shape index (κ3) is 5.69. The standard InChI is InChI=1S/C23H26FN3O3/c1-23(2,3)30-22(28)27-11-9-17(10-12-27)20-5-4-6-21(26-20)29-15-18-8-7-16(14-25)13-19(18)24/h4-8,13,17H,9-12,15H2,1-3H3/i15D2. The van der Waals surface area contributed by atoms with E-state index in [0.29, 0.717) is 25.9 Å². The van der Waals surface area contributed by atoms with E-state index in [-0.39, 0.29) is 29.0 Å². The van der Waals surface area contributed by atoms with E-state index >= 15 is 0 Å². The quantitative estimate of drug-likeness (QED) is 0.721. The summed E-state index contributed by atoms with van der Waals surface area (Å²) in [5.74, 6) is -0.750. The molecule has 0 bridgehead atoms. The maximum absolute atomic E-state index is 14.3. The van der Waals surface area contributed by atoms with Crippen LogP contribution in [0.1, 0.15) is 59.1 Å². The summed E-state index contributed by atoms with van der Waals surface area (Å²) >= 11 is 0. The summed E-state index contributed by atoms with van der Waals surface area (Å²) in [5.41, 5.74) is -0.0362. The number of likely N-dealkylation sites (tertiary alicyclic amines) is 1. The van der Waals surface area contributed by atoms with Crippen molar-refractivity contribution in [2.75, 3.05) is 13.1 Å². The number of ether oxygens (including phenoxy) is 2. The van der Waals surface area contributed by atoms with Crippen LogP contribution >= 0.6 is 0 Å². The zero-order chi connectivity index (χ0) is 23.5. The van der Waals surface area contributed by atoms with Gasteiger partial charge in [0.05, 0.1) is 14.4 Å². The summed E-state index contributed by atoms with van der Waals surface area (Å²) in [6.07, 6.45) is 1.04. The normalized spacial score (nSPS) is 16.3. The predicted octanol–water partition coefficient (Wildman–Crippen LogP) is 4.79. The molecule has 1 saturated heterocycles. The molecule has 30 heavy (non-hydrogen) atoms. The molecule has 0 atom stereocenters. The topological polar surface area (TPSA) is 75.4 Å². The smallest absolute Gasteiger partial charge is 0.410 e. The maximum atomic E-state index is 14.3. The summed E-state index contributed by atoms with van der Waals surface area (Å²) in [7, 11) is 0. The van der Waals surface area contributed by atoms with E-state index in [1.54, 1.807) is 11.0 Å². The predicted molar refractivity (Wildman–Crippen MR) is 109 cm³/mol. The van der Waals surface area contributed by atoms with Gasteiger partial charge in [-0.1, -0.05) is 12.1 Å². The van der Waals surface area contributed by atoms with Crippen LogP contribution in [0.15, 0.2) is 36.4 Å². The Morgan fingerprint density at radius 1 is 1.33 bits per heavy atom. The molecule has 0 aliphatic carbocycles. The molecule has 1 aromatic heterocycles. The van der Waals surface area contributed by atoms with Crippen molar-refractivity contribution >= 4 is 6.09 Å². The van der Waals surface area contributed by atoms with Crippen LogP contribution in [0.5, 0.6) is 5.88 Å². The van der Waals surface area contributed by atoms with E-state index in [9.17, 15) is 9.18 Å². The van der Waals surface area contributed by atoms with E-state index in [1.165, 1.54) is 18.2 Å². The van der Waals surface area contributed by atoms with E-state index in [4.69, 9.17) is 17.5 Å². The summed E-state index contributed by atoms with van der Waals surface area (Å²) in [6, 6.07) is 10.4. The molecule has 6 nitrogen and oxygen atoms in total. The van der Waals surface area contributed by atoms with Crippen LogP contribution in [0, 0.1) is 17.1 Å². The Bertz CT molecular complexity index is 1030. The second-order valence-corrected chi connectivity index (χ2v) is 8.15. The van der Waals surface area contributed by atoms with Gasteiger partial charge in [0.15, 0.2) is 0 Å². The monoisotopic (exact) mass is 413 g/mol. The Morgan fingerprint density at radius 2 is 2.07 bits per heavy atom. The second-order valence-electron chi connectivity index (χ2n) is 8.15. The highest BCUT2D eigenvalue weighted by Crippen LogP contribution is 2.29. The molecule has 3 rings (SSSR count). The zero-order valence-electron chi connectivity index (χ0n) is 19.3. The van der Waals surface area contributed by atoms with Crippen LogP contribution in [-0.2, 0) is 11.3 Å². The van der Waals surface area contributed by atoms with Crippen molar-refractivity contribution in [1.29, 1.82) is 5.26 Å². The lowest BCUT2D eigenvalue weighted by molar-refractivity contribution is 0.0204. The van der Waals surface area contributed by atoms with Gasteiger partial charge in [-0.25, -0.2) is 14.2 Å². The number of carbonyl (C=O) groups is 1. The summed E-state index contributed by atoms with van der Waals surface area (Å²) in [5, 5.41) is 8.86. The molecule has 1 aliphatic rings. The first-order valence-electron chi connectivity index (χ1n) is 10.8. The number of benzene rings is 1. The van der Waals surface area contributed by atoms with Gasteiger partial charge in [-0.3, -0.25) is 0 Å². The highest BCUT2D eigenvalue weighted by molar-refractivity contribution is 5.68. The molecule has 1 aliphatic heterocycles. The SMILES string of the molecule is [2H]C([2H])(Oc1cccc(C2CCN(C(=O)OC(C)(C)C)CC2)n1)c1ccc(C#N)cc1F. The van der Waals surface area contributed by atoms with Crippen LogP contribution in [-0.4, -0.2) is 34.7 Å². The summed E-state index contributed by atoms with van der Waals surface area (Å²) < 4.78 is 41.4. The Balaban J connectivity index is 1.67. The van der Waals surface area contributed by atoms with Crippen molar-refractivity contribution in [3.63, 3.8) is 0 Å². The van der Waals surface area contributed by atoms with Gasteiger partial charge in [0, 0.05) is 36.3 Å². The Kier molecular flexibility index (Phi) is 5.73. The lowest BCUT2D eigenvalue weighted by atomic mass is 9.93. The van der Waals surface area contributed by atoms with Crippen molar-refractivity contribution in [3.8, 4) is 11.9 Å². The number of nitrogens with zero attached hydrogens (tertiary/aromatic N) is 3. The number of hydrogen-bond donors (Lipinski definition) is 0. The first kappa shape index (κ1) is 18.9. The van der Waals surface area contributed by atoms with Gasteiger partial charge in [-0.15, -0.1) is 0 Å². The van der Waals surface area contributed by atoms with Crippen LogP contribution in [0.3, 0.4) is 0 Å². The minimum absolute atomic E-state index is 0.0332. The van der Waals surface area contributed by atoms with E-state index in [0.717, 1.165) is 11.8 Å². The molecule has 0 N–H and O–H groups in total. The molecule has 1 amide bonds. The largest absolute Gasteiger partial charge is 0.473 e. The average Bonchev–Trinajstić information content (AvgIpc) is 2.72. The third-order valence-electron chi connectivity index (χ3n) is 4.67. The number of rotatable bonds is 4. The molecule has 2 aromatic rings. The summed E-state index contributed by atoms with van der Waals surface area (Å²) in [4.78, 5) is 18.4. The molecule has 1 fully saturated rings. The molecule has 1 aromatic carbocycles. The van der Waals surface area contributed by atoms with Crippen LogP contribution in [0.25, 0.3) is 0 Å². The van der Waals surface area contributed by atoms with Crippen molar-refractivity contribution < 1.29 is 21.4 Å². The zero-order valence-corrected chi connectivity index (χ0v) is 17.3. The second kappa shape index (κ2) is 9.12. The molecule has 0 radical (unpaired) electrons. The van der Waals surface area contributed by atoms with Crippen LogP contribution in [0.2, 0.25) is 0 Å². The maximum Gasteiger partial charge on any atom is 0.410 e. The highest BCUT2D eigenvalue weighted by Gasteiger charge is 2.28. The number of pyridine rings is 1. The Hall–Kier alpha value is -3.14. The van der Waals surface area contributed by atoms with Gasteiger partial charge in [0.2, 0.25) is 5.88 Å². The molecule has 7 heteroatoms. The van der Waals surface area contributed by atoms with E-state index < -0.39 is 18.0 Å². The molecule has 0 spiro atoms. The fraction of sp³-hybridized carbons (Fsp3) is 0.435. The van der Waals surface area contributed by atoms with Gasteiger partial charge >= 0.3 is 6.09 Å². The van der Waals surface area contributed by atoms with Crippen molar-refractivity contribution in [3.05, 3.63) is 59.0 Å². The first-order valence-corrected chi connectivity index (χ1v) is 9.82. The minimum atomic E-state index is -2.47. The number of aromatic nitrogens is 1. The number of halogens is 1. The number of nitriles is 1. The van der Waals surface area contributed by atoms with Gasteiger partial charge in [0.25, 0.3) is 0 Å². The molecular weight excluding hydrogens is 385 g/mol. The number of carbonyl (C=O) groups excluding carboxylic acids is 1.